The Morgan fingerprint density at radius 2 is 0.537 bits per heavy atom. The second kappa shape index (κ2) is 9.23. The van der Waals surface area contributed by atoms with Gasteiger partial charge in [0.25, 0.3) is 0 Å². The lowest BCUT2D eigenvalue weighted by molar-refractivity contribution is -0.129. The van der Waals surface area contributed by atoms with E-state index in [1.165, 1.54) is 0 Å². The molecule has 41 heavy (non-hydrogen) atoms. The molecule has 5 heterocycles. The van der Waals surface area contributed by atoms with Gasteiger partial charge in [0.05, 0.1) is 27.1 Å². The van der Waals surface area contributed by atoms with Gasteiger partial charge < -0.3 is 17.7 Å². The van der Waals surface area contributed by atoms with Crippen molar-refractivity contribution >= 4 is 11.6 Å². The Morgan fingerprint density at radius 1 is 0.366 bits per heavy atom. The maximum absolute atomic E-state index is 13.5. The summed E-state index contributed by atoms with van der Waals surface area (Å²) < 4.78 is 25.6. The van der Waals surface area contributed by atoms with Gasteiger partial charge in [0, 0.05) is 12.8 Å². The lowest BCUT2D eigenvalue weighted by Gasteiger charge is -2.24. The molecule has 0 N–H and O–H groups in total. The van der Waals surface area contributed by atoms with E-state index in [2.05, 4.69) is 13.8 Å². The normalized spacial score (nSPS) is 21.3. The molecule has 0 saturated carbocycles. The van der Waals surface area contributed by atoms with Crippen LogP contribution in [0, 0.1) is 0 Å². The Balaban J connectivity index is 1.63. The first-order valence-electron chi connectivity index (χ1n) is 14.4. The summed E-state index contributed by atoms with van der Waals surface area (Å²) in [4.78, 5) is 26.9. The standard InChI is InChI=1S/C35H42O6/c1-31(2)21(36)11-12-22(37)32(3,4)24-14-16-26(39-24)34(7,8)28-18-20-30(41-28)35(9,10)29-19-17-27(40-29)33(5,6)25-15-13-23(31)38-25/h13-20H,11-12H2,1-10H3. The van der Waals surface area contributed by atoms with E-state index in [-0.39, 0.29) is 24.4 Å². The van der Waals surface area contributed by atoms with E-state index in [1.807, 2.05) is 104 Å². The van der Waals surface area contributed by atoms with Crippen LogP contribution in [0.4, 0.5) is 0 Å². The van der Waals surface area contributed by atoms with E-state index in [9.17, 15) is 9.59 Å². The van der Waals surface area contributed by atoms with Crippen molar-refractivity contribution in [3.05, 3.63) is 94.6 Å². The summed E-state index contributed by atoms with van der Waals surface area (Å²) in [5.41, 5.74) is -3.51. The molecule has 4 aromatic heterocycles. The van der Waals surface area contributed by atoms with Crippen molar-refractivity contribution in [1.29, 1.82) is 0 Å². The number of rotatable bonds is 0. The highest BCUT2D eigenvalue weighted by Crippen LogP contribution is 2.43. The van der Waals surface area contributed by atoms with Crippen molar-refractivity contribution in [3.8, 4) is 0 Å². The minimum atomic E-state index is -0.896. The largest absolute Gasteiger partial charge is 0.464 e. The van der Waals surface area contributed by atoms with Gasteiger partial charge in [-0.2, -0.15) is 0 Å². The van der Waals surface area contributed by atoms with Gasteiger partial charge in [-0.15, -0.1) is 0 Å². The van der Waals surface area contributed by atoms with Crippen molar-refractivity contribution in [2.45, 2.75) is 109 Å². The first kappa shape index (κ1) is 29.0. The van der Waals surface area contributed by atoms with E-state index in [0.717, 1.165) is 23.0 Å². The number of carbonyl (C=O) groups is 2. The molecule has 6 heteroatoms. The Kier molecular flexibility index (Phi) is 6.52. The number of carbonyl (C=O) groups excluding carboxylic acids is 2. The molecule has 0 amide bonds. The first-order chi connectivity index (χ1) is 18.9. The molecule has 0 spiro atoms. The quantitative estimate of drug-likeness (QED) is 0.215. The van der Waals surface area contributed by atoms with Crippen molar-refractivity contribution < 1.29 is 27.3 Å². The fourth-order valence-corrected chi connectivity index (χ4v) is 5.53. The summed E-state index contributed by atoms with van der Waals surface area (Å²) in [6.45, 7) is 19.7. The van der Waals surface area contributed by atoms with Crippen LogP contribution in [0.2, 0.25) is 0 Å². The zero-order valence-electron chi connectivity index (χ0n) is 26.0. The summed E-state index contributed by atoms with van der Waals surface area (Å²) in [5.74, 6) is 5.47. The van der Waals surface area contributed by atoms with E-state index in [4.69, 9.17) is 17.7 Å². The highest BCUT2D eigenvalue weighted by Gasteiger charge is 2.41. The summed E-state index contributed by atoms with van der Waals surface area (Å²) in [6.07, 6.45) is 0.221. The van der Waals surface area contributed by atoms with Gasteiger partial charge in [-0.25, -0.2) is 0 Å². The van der Waals surface area contributed by atoms with Crippen molar-refractivity contribution in [1.82, 2.24) is 0 Å². The molecule has 6 nitrogen and oxygen atoms in total. The fourth-order valence-electron chi connectivity index (χ4n) is 5.53. The SMILES string of the molecule is CC1(C)C(=O)CCC(=O)C(C)(C)c2ccc(o2)C(C)(C)c2ccc(o2)C(C)(C)c2ccc(o2)C(C)(C)c2ccc1o2. The van der Waals surface area contributed by atoms with Crippen LogP contribution in [0.1, 0.15) is 128 Å². The molecule has 0 aliphatic carbocycles. The number of ketones is 2. The molecule has 0 atom stereocenters. The molecule has 4 aromatic rings. The third-order valence-corrected chi connectivity index (χ3v) is 9.33. The fraction of sp³-hybridized carbons (Fsp3) is 0.486. The van der Waals surface area contributed by atoms with Gasteiger partial charge >= 0.3 is 0 Å². The number of furan rings is 4. The average molecular weight is 559 g/mol. The topological polar surface area (TPSA) is 86.7 Å². The number of fused-ring (bicyclic) bond motifs is 8. The van der Waals surface area contributed by atoms with Gasteiger partial charge in [-0.1, -0.05) is 0 Å². The van der Waals surface area contributed by atoms with Gasteiger partial charge in [-0.3, -0.25) is 9.59 Å². The van der Waals surface area contributed by atoms with Crippen LogP contribution >= 0.6 is 0 Å². The van der Waals surface area contributed by atoms with Gasteiger partial charge in [0.1, 0.15) is 57.6 Å². The number of Topliss-reactive ketones (excluding diaryl/α,β-unsaturated/α-hetero) is 2. The lowest BCUT2D eigenvalue weighted by atomic mass is 9.79. The van der Waals surface area contributed by atoms with Gasteiger partial charge in [0.2, 0.25) is 0 Å². The summed E-state index contributed by atoms with van der Waals surface area (Å²) in [6, 6.07) is 15.5. The smallest absolute Gasteiger partial charge is 0.146 e. The molecule has 0 unspecified atom stereocenters. The molecule has 1 aliphatic heterocycles. The predicted molar refractivity (Wildman–Crippen MR) is 157 cm³/mol. The third-order valence-electron chi connectivity index (χ3n) is 9.33. The highest BCUT2D eigenvalue weighted by molar-refractivity contribution is 5.95. The molecular formula is C35H42O6. The molecule has 218 valence electrons. The molecule has 0 radical (unpaired) electrons. The van der Waals surface area contributed by atoms with Crippen LogP contribution in [-0.4, -0.2) is 11.6 Å². The summed E-state index contributed by atoms with van der Waals surface area (Å²) in [7, 11) is 0. The van der Waals surface area contributed by atoms with E-state index >= 15 is 0 Å². The van der Waals surface area contributed by atoms with Crippen LogP contribution in [0.25, 0.3) is 0 Å². The third kappa shape index (κ3) is 4.56. The Bertz CT molecular complexity index is 1490. The van der Waals surface area contributed by atoms with Crippen molar-refractivity contribution in [3.63, 3.8) is 0 Å². The minimum absolute atomic E-state index is 0.0528. The molecule has 8 bridgehead atoms. The second-order valence-corrected chi connectivity index (χ2v) is 14.1. The van der Waals surface area contributed by atoms with Crippen LogP contribution < -0.4 is 0 Å². The highest BCUT2D eigenvalue weighted by atomic mass is 16.4. The molecule has 5 rings (SSSR count). The summed E-state index contributed by atoms with van der Waals surface area (Å²) >= 11 is 0. The molecule has 0 fully saturated rings. The molecule has 0 aromatic carbocycles. The van der Waals surface area contributed by atoms with Crippen LogP contribution in [0.3, 0.4) is 0 Å². The Labute approximate surface area is 242 Å². The van der Waals surface area contributed by atoms with Crippen molar-refractivity contribution in [2.75, 3.05) is 0 Å². The molecule has 0 saturated heterocycles. The minimum Gasteiger partial charge on any atom is -0.464 e. The van der Waals surface area contributed by atoms with E-state index in [0.29, 0.717) is 23.0 Å². The van der Waals surface area contributed by atoms with Crippen molar-refractivity contribution in [2.24, 2.45) is 0 Å². The van der Waals surface area contributed by atoms with Crippen LogP contribution in [-0.2, 0) is 36.7 Å². The monoisotopic (exact) mass is 558 g/mol. The first-order valence-corrected chi connectivity index (χ1v) is 14.4. The maximum atomic E-state index is 13.5. The second-order valence-electron chi connectivity index (χ2n) is 14.1. The number of hydrogen-bond acceptors (Lipinski definition) is 6. The predicted octanol–water partition coefficient (Wildman–Crippen LogP) is 8.52. The molecular weight excluding hydrogens is 516 g/mol. The molecule has 1 aliphatic rings. The van der Waals surface area contributed by atoms with Gasteiger partial charge in [0.15, 0.2) is 0 Å². The maximum Gasteiger partial charge on any atom is 0.146 e. The van der Waals surface area contributed by atoms with Crippen LogP contribution in [0.5, 0.6) is 0 Å². The van der Waals surface area contributed by atoms with Gasteiger partial charge in [-0.05, 0) is 118 Å². The Hall–Kier alpha value is -3.54. The van der Waals surface area contributed by atoms with Crippen LogP contribution in [0.15, 0.2) is 66.2 Å². The Morgan fingerprint density at radius 3 is 0.732 bits per heavy atom. The number of hydrogen-bond donors (Lipinski definition) is 0. The summed E-state index contributed by atoms with van der Waals surface area (Å²) in [5, 5.41) is 0. The van der Waals surface area contributed by atoms with E-state index < -0.39 is 27.1 Å². The lowest BCUT2D eigenvalue weighted by Crippen LogP contribution is -2.32. The van der Waals surface area contributed by atoms with E-state index in [1.54, 1.807) is 0 Å². The zero-order valence-corrected chi connectivity index (χ0v) is 26.0. The average Bonchev–Trinajstić information content (AvgIpc) is 3.70. The zero-order chi connectivity index (χ0) is 30.2.